The van der Waals surface area contributed by atoms with E-state index in [4.69, 9.17) is 9.94 Å². The molecule has 0 bridgehead atoms. The van der Waals surface area contributed by atoms with Crippen LogP contribution in [0, 0.1) is 0 Å². The highest BCUT2D eigenvalue weighted by Crippen LogP contribution is 2.30. The molecule has 108 valence electrons. The minimum absolute atomic E-state index is 0.0746. The molecule has 0 aliphatic heterocycles. The van der Waals surface area contributed by atoms with Crippen LogP contribution in [0.25, 0.3) is 0 Å². The fourth-order valence-electron chi connectivity index (χ4n) is 2.48. The zero-order valence-corrected chi connectivity index (χ0v) is 12.1. The molecule has 1 unspecified atom stereocenters. The highest BCUT2D eigenvalue weighted by Gasteiger charge is 2.22. The molecule has 5 nitrogen and oxygen atoms in total. The maximum atomic E-state index is 11.9. The molecule has 1 N–H and O–H groups in total. The van der Waals surface area contributed by atoms with E-state index in [9.17, 15) is 4.79 Å². The lowest BCUT2D eigenvalue weighted by atomic mass is 9.89. The van der Waals surface area contributed by atoms with E-state index in [0.717, 1.165) is 30.4 Å². The van der Waals surface area contributed by atoms with E-state index in [0.29, 0.717) is 11.5 Å². The van der Waals surface area contributed by atoms with E-state index in [1.54, 1.807) is 21.0 Å². The first kappa shape index (κ1) is 14.4. The van der Waals surface area contributed by atoms with Crippen molar-refractivity contribution in [1.29, 1.82) is 0 Å². The number of ether oxygens (including phenoxy) is 1. The summed E-state index contributed by atoms with van der Waals surface area (Å²) in [4.78, 5) is 13.4. The monoisotopic (exact) mass is 276 g/mol. The third-order valence-corrected chi connectivity index (χ3v) is 3.50. The van der Waals surface area contributed by atoms with Gasteiger partial charge in [0.1, 0.15) is 5.75 Å². The molecule has 1 aromatic rings. The van der Waals surface area contributed by atoms with Crippen molar-refractivity contribution < 1.29 is 14.7 Å². The minimum Gasteiger partial charge on any atom is -0.481 e. The summed E-state index contributed by atoms with van der Waals surface area (Å²) < 4.78 is 5.80. The topological polar surface area (TPSA) is 62.1 Å². The molecule has 0 radical (unpaired) electrons. The summed E-state index contributed by atoms with van der Waals surface area (Å²) in [6, 6.07) is 5.64. The summed E-state index contributed by atoms with van der Waals surface area (Å²) >= 11 is 0. The van der Waals surface area contributed by atoms with Crippen molar-refractivity contribution in [3.8, 4) is 5.75 Å². The molecule has 0 fully saturated rings. The van der Waals surface area contributed by atoms with Crippen LogP contribution in [-0.2, 0) is 11.2 Å². The number of nitrogens with zero attached hydrogens (tertiary/aromatic N) is 2. The molecule has 0 aromatic heterocycles. The van der Waals surface area contributed by atoms with Crippen molar-refractivity contribution in [3.63, 3.8) is 0 Å². The van der Waals surface area contributed by atoms with Crippen molar-refractivity contribution in [2.75, 3.05) is 14.1 Å². The van der Waals surface area contributed by atoms with Crippen LogP contribution in [0.4, 0.5) is 0 Å². The predicted molar refractivity (Wildman–Crippen MR) is 76.5 cm³/mol. The van der Waals surface area contributed by atoms with Crippen LogP contribution in [-0.4, -0.2) is 41.9 Å². The summed E-state index contributed by atoms with van der Waals surface area (Å²) in [6.45, 7) is 1.74. The molecule has 0 heterocycles. The first-order valence-electron chi connectivity index (χ1n) is 6.75. The van der Waals surface area contributed by atoms with Gasteiger partial charge in [0.05, 0.1) is 5.71 Å². The maximum absolute atomic E-state index is 11.9. The number of benzene rings is 1. The van der Waals surface area contributed by atoms with Gasteiger partial charge in [-0.25, -0.2) is 0 Å². The highest BCUT2D eigenvalue weighted by molar-refractivity contribution is 6.02. The second-order valence-electron chi connectivity index (χ2n) is 5.18. The predicted octanol–water partition coefficient (Wildman–Crippen LogP) is 2.06. The fraction of sp³-hybridized carbons (Fsp3) is 0.467. The van der Waals surface area contributed by atoms with Crippen molar-refractivity contribution in [3.05, 3.63) is 29.3 Å². The summed E-state index contributed by atoms with van der Waals surface area (Å²) in [5, 5.41) is 12.4. The number of rotatable bonds is 3. The van der Waals surface area contributed by atoms with Gasteiger partial charge in [-0.3, -0.25) is 4.79 Å². The number of likely N-dealkylation sites (N-methyl/N-ethyl adjacent to an activating group) is 1. The molecule has 1 aromatic carbocycles. The Balaban J connectivity index is 2.28. The quantitative estimate of drug-likeness (QED) is 0.679. The van der Waals surface area contributed by atoms with Crippen LogP contribution in [0.2, 0.25) is 0 Å². The normalized spacial score (nSPS) is 17.4. The molecule has 0 saturated carbocycles. The molecule has 1 atom stereocenters. The zero-order chi connectivity index (χ0) is 14.7. The molecule has 1 aliphatic rings. The second kappa shape index (κ2) is 5.94. The Labute approximate surface area is 118 Å². The van der Waals surface area contributed by atoms with E-state index in [1.165, 1.54) is 4.90 Å². The molecule has 20 heavy (non-hydrogen) atoms. The molecule has 0 spiro atoms. The number of carbonyl (C=O) groups excluding carboxylic acids is 1. The maximum Gasteiger partial charge on any atom is 0.262 e. The Morgan fingerprint density at radius 2 is 2.15 bits per heavy atom. The Bertz CT molecular complexity index is 538. The Morgan fingerprint density at radius 1 is 1.40 bits per heavy atom. The van der Waals surface area contributed by atoms with E-state index < -0.39 is 6.10 Å². The van der Waals surface area contributed by atoms with E-state index in [2.05, 4.69) is 5.16 Å². The third kappa shape index (κ3) is 2.76. The van der Waals surface area contributed by atoms with Gasteiger partial charge >= 0.3 is 0 Å². The molecule has 1 amide bonds. The van der Waals surface area contributed by atoms with Gasteiger partial charge in [-0.1, -0.05) is 17.3 Å². The van der Waals surface area contributed by atoms with Crippen LogP contribution in [0.3, 0.4) is 0 Å². The lowest BCUT2D eigenvalue weighted by Crippen LogP contribution is -2.35. The molecule has 1 aliphatic carbocycles. The van der Waals surface area contributed by atoms with Crippen molar-refractivity contribution in [2.24, 2.45) is 5.16 Å². The molecule has 5 heteroatoms. The summed E-state index contributed by atoms with van der Waals surface area (Å²) in [5.74, 6) is 0.625. The van der Waals surface area contributed by atoms with Gasteiger partial charge in [-0.15, -0.1) is 0 Å². The summed E-state index contributed by atoms with van der Waals surface area (Å²) in [7, 11) is 3.42. The molecule has 0 saturated heterocycles. The lowest BCUT2D eigenvalue weighted by Gasteiger charge is -2.23. The first-order chi connectivity index (χ1) is 9.54. The first-order valence-corrected chi connectivity index (χ1v) is 6.75. The Kier molecular flexibility index (Phi) is 4.27. The molecule has 2 rings (SSSR count). The van der Waals surface area contributed by atoms with Gasteiger partial charge in [0.2, 0.25) is 0 Å². The number of hydrogen-bond acceptors (Lipinski definition) is 4. The largest absolute Gasteiger partial charge is 0.481 e. The van der Waals surface area contributed by atoms with Crippen LogP contribution in [0.15, 0.2) is 23.4 Å². The number of carbonyl (C=O) groups is 1. The van der Waals surface area contributed by atoms with Crippen molar-refractivity contribution in [2.45, 2.75) is 32.3 Å². The number of amides is 1. The van der Waals surface area contributed by atoms with Gasteiger partial charge < -0.3 is 14.8 Å². The smallest absolute Gasteiger partial charge is 0.262 e. The molecular weight excluding hydrogens is 256 g/mol. The van der Waals surface area contributed by atoms with Crippen molar-refractivity contribution in [1.82, 2.24) is 4.90 Å². The summed E-state index contributed by atoms with van der Waals surface area (Å²) in [6.07, 6.45) is 2.02. The Hall–Kier alpha value is -2.04. The number of hydrogen-bond donors (Lipinski definition) is 1. The van der Waals surface area contributed by atoms with Crippen molar-refractivity contribution >= 4 is 11.6 Å². The number of fused-ring (bicyclic) bond motifs is 1. The SMILES string of the molecule is CC(Oc1cccc2c1CCCC2=NO)C(=O)N(C)C. The fourth-order valence-corrected chi connectivity index (χ4v) is 2.48. The third-order valence-electron chi connectivity index (χ3n) is 3.50. The van der Waals surface area contributed by atoms with E-state index >= 15 is 0 Å². The minimum atomic E-state index is -0.534. The second-order valence-corrected chi connectivity index (χ2v) is 5.18. The van der Waals surface area contributed by atoms with Crippen LogP contribution in [0.1, 0.15) is 30.9 Å². The van der Waals surface area contributed by atoms with E-state index in [-0.39, 0.29) is 5.91 Å². The van der Waals surface area contributed by atoms with Gasteiger partial charge in [0.15, 0.2) is 6.10 Å². The average Bonchev–Trinajstić information content (AvgIpc) is 2.45. The van der Waals surface area contributed by atoms with Crippen LogP contribution >= 0.6 is 0 Å². The standard InChI is InChI=1S/C15H20N2O3/c1-10(15(18)17(2)3)20-14-9-5-6-11-12(14)7-4-8-13(11)16-19/h5-6,9-10,19H,4,7-8H2,1-3H3. The van der Waals surface area contributed by atoms with Gasteiger partial charge in [0.25, 0.3) is 5.91 Å². The van der Waals surface area contributed by atoms with Gasteiger partial charge in [0, 0.05) is 25.2 Å². The van der Waals surface area contributed by atoms with Crippen LogP contribution < -0.4 is 4.74 Å². The molecular formula is C15H20N2O3. The van der Waals surface area contributed by atoms with Gasteiger partial charge in [-0.05, 0) is 32.3 Å². The zero-order valence-electron chi connectivity index (χ0n) is 12.1. The lowest BCUT2D eigenvalue weighted by molar-refractivity contribution is -0.135. The van der Waals surface area contributed by atoms with E-state index in [1.807, 2.05) is 18.2 Å². The highest BCUT2D eigenvalue weighted by atomic mass is 16.5. The average molecular weight is 276 g/mol. The van der Waals surface area contributed by atoms with Crippen LogP contribution in [0.5, 0.6) is 5.75 Å². The Morgan fingerprint density at radius 3 is 2.80 bits per heavy atom. The summed E-state index contributed by atoms with van der Waals surface area (Å²) in [5.41, 5.74) is 2.62. The number of oxime groups is 1. The van der Waals surface area contributed by atoms with Gasteiger partial charge in [-0.2, -0.15) is 0 Å².